The van der Waals surface area contributed by atoms with Crippen molar-refractivity contribution in [2.75, 3.05) is 57.4 Å². The normalized spacial score (nSPS) is 19.3. The number of rotatable bonds is 29. The number of nitrogens with one attached hydrogen (secondary N) is 2. The molecular weight excluding hydrogens is 1430 g/mol. The Labute approximate surface area is 651 Å². The number of anilines is 2. The second kappa shape index (κ2) is 33.4. The molecule has 2 aliphatic carbocycles. The van der Waals surface area contributed by atoms with E-state index in [9.17, 15) is 48.3 Å². The van der Waals surface area contributed by atoms with Crippen LogP contribution in [0.1, 0.15) is 172 Å². The van der Waals surface area contributed by atoms with Gasteiger partial charge in [0.1, 0.15) is 23.8 Å². The van der Waals surface area contributed by atoms with Crippen LogP contribution in [-0.4, -0.2) is 155 Å². The zero-order valence-corrected chi connectivity index (χ0v) is 64.5. The van der Waals surface area contributed by atoms with Crippen molar-refractivity contribution < 1.29 is 76.7 Å². The van der Waals surface area contributed by atoms with Crippen LogP contribution in [0.3, 0.4) is 0 Å². The monoisotopic (exact) mass is 1520 g/mol. The molecule has 1 spiro atoms. The minimum absolute atomic E-state index is 0.00571. The van der Waals surface area contributed by atoms with Crippen LogP contribution in [0.2, 0.25) is 0 Å². The van der Waals surface area contributed by atoms with Gasteiger partial charge in [0.05, 0.1) is 82.3 Å². The quantitative estimate of drug-likeness (QED) is 0.0367. The molecule has 7 aromatic rings. The highest BCUT2D eigenvalue weighted by molar-refractivity contribution is 6.07. The standard InChI is InChI=1S/C87H97N9O16/c1-51(2)38-68(89-82(102)64-18-12-17-63(64)73(99)46-88-78(100)32-28-60(97)29-33-79(101)93-47-57-14-8-9-15-62(57)81-80(90-91-96(81)52(3)4)65-16-10-11-19-69(65)93)72(98)39-53-20-22-54(23-21-53)49-112-86(106)95-70-44-77(75(109-7)43-67(70)84(104)94-50-87(34-35-87)45-71(94)85(95)105)111-37-13-36-110-76-41-56-24-27-59-40-58(55-25-30-61(107-5)31-26-55)48-92(59)83(103)66(56)42-74(76)108-6/h8-11,14-16,19-23,25-26,30-31,41-44,48,51-52,59,63-64,68,71,85,105H,12-13,17-18,24,27-29,32-40,45-47,49-50H2,1-7H3,(H,88,100)(H,89,102)/t59-,63?,64-,68+,71+,85?/m1/s1. The van der Waals surface area contributed by atoms with Crippen molar-refractivity contribution in [3.63, 3.8) is 0 Å². The number of amides is 6. The molecule has 1 saturated heterocycles. The van der Waals surface area contributed by atoms with Crippen LogP contribution >= 0.6 is 0 Å². The van der Waals surface area contributed by atoms with Gasteiger partial charge in [0, 0.05) is 97.9 Å². The highest BCUT2D eigenvalue weighted by Crippen LogP contribution is 2.57. The summed E-state index contributed by atoms with van der Waals surface area (Å²) in [6.07, 6.45) is 5.66. The topological polar surface area (TPSA) is 297 Å². The predicted octanol–water partition coefficient (Wildman–Crippen LogP) is 12.2. The third kappa shape index (κ3) is 16.4. The van der Waals surface area contributed by atoms with Crippen molar-refractivity contribution in [3.05, 3.63) is 166 Å². The smallest absolute Gasteiger partial charge is 0.416 e. The molecule has 3 fully saturated rings. The third-order valence-corrected chi connectivity index (χ3v) is 23.0. The summed E-state index contributed by atoms with van der Waals surface area (Å²) in [7, 11) is 4.62. The molecule has 25 nitrogen and oxygen atoms in total. The molecule has 25 heteroatoms. The van der Waals surface area contributed by atoms with E-state index in [2.05, 4.69) is 20.9 Å². The van der Waals surface area contributed by atoms with E-state index in [1.54, 1.807) is 47.2 Å². The first kappa shape index (κ1) is 77.5. The molecule has 6 atom stereocenters. The van der Waals surface area contributed by atoms with Crippen molar-refractivity contribution in [2.24, 2.45) is 23.2 Å². The highest BCUT2D eigenvalue weighted by atomic mass is 16.6. The zero-order chi connectivity index (χ0) is 78.6. The maximum atomic E-state index is 14.6. The van der Waals surface area contributed by atoms with Gasteiger partial charge >= 0.3 is 6.09 Å². The number of carbonyl (C=O) groups excluding carboxylic acids is 9. The Bertz CT molecular complexity index is 4810. The SMILES string of the molecule is COc1ccc(C2=CN3C(=O)c4cc(OC)c(OCCCOc5cc6c(cc5OC)C(=O)N5CC7(CC7)C[C@H]5C(O)N6C(=O)OCc5ccc(CC(=O)[C@H](CC(C)C)NC(=O)[C@@H]6CCCC6C(=O)CNC(=O)CCC(=O)CCC(=O)N6Cc7ccccc7-c7c(nnn7C(C)C)-c7ccccc76)cc5)cc4CC[C@@H]3C2)cc1. The average molecular weight is 1520 g/mol. The zero-order valence-electron chi connectivity index (χ0n) is 64.5. The number of Topliss-reactive ketones (excluding diaryl/α,β-unsaturated/α-hetero) is 3. The number of carbonyl (C=O) groups is 9. The van der Waals surface area contributed by atoms with E-state index in [1.165, 1.54) is 26.4 Å². The summed E-state index contributed by atoms with van der Waals surface area (Å²) in [4.78, 5) is 132. The lowest BCUT2D eigenvalue weighted by Gasteiger charge is -2.31. The molecule has 3 N–H and O–H groups in total. The van der Waals surface area contributed by atoms with Gasteiger partial charge in [0.15, 0.2) is 40.8 Å². The second-order valence-corrected chi connectivity index (χ2v) is 31.3. The van der Waals surface area contributed by atoms with E-state index in [4.69, 9.17) is 28.4 Å². The predicted molar refractivity (Wildman–Crippen MR) is 417 cm³/mol. The number of hydrogen-bond acceptors (Lipinski definition) is 18. The average Bonchev–Trinajstić information content (AvgIpc) is 1.56. The number of ketones is 3. The summed E-state index contributed by atoms with van der Waals surface area (Å²) < 4.78 is 37.4. The van der Waals surface area contributed by atoms with Gasteiger partial charge in [-0.2, -0.15) is 0 Å². The number of aromatic nitrogens is 3. The van der Waals surface area contributed by atoms with Crippen molar-refractivity contribution in [1.82, 2.24) is 35.4 Å². The third-order valence-electron chi connectivity index (χ3n) is 23.0. The highest BCUT2D eigenvalue weighted by Gasteiger charge is 2.58. The number of benzene rings is 6. The molecular formula is C87H97N9O16. The van der Waals surface area contributed by atoms with E-state index < -0.39 is 48.1 Å². The van der Waals surface area contributed by atoms with E-state index >= 15 is 0 Å². The van der Waals surface area contributed by atoms with Gasteiger partial charge in [-0.15, -0.1) is 5.10 Å². The molecule has 7 aliphatic rings. The Hall–Kier alpha value is -11.2. The van der Waals surface area contributed by atoms with Crippen LogP contribution in [0, 0.1) is 23.2 Å². The lowest BCUT2D eigenvalue weighted by molar-refractivity contribution is -0.135. The Morgan fingerprint density at radius 3 is 2.09 bits per heavy atom. The molecule has 14 rings (SSSR count). The first-order chi connectivity index (χ1) is 54.1. The lowest BCUT2D eigenvalue weighted by Crippen LogP contribution is -2.50. The van der Waals surface area contributed by atoms with Gasteiger partial charge in [0.25, 0.3) is 11.8 Å². The fourth-order valence-corrected chi connectivity index (χ4v) is 16.8. The molecule has 2 unspecified atom stereocenters. The minimum atomic E-state index is -1.48. The van der Waals surface area contributed by atoms with Gasteiger partial charge in [-0.05, 0) is 153 Å². The van der Waals surface area contributed by atoms with Crippen molar-refractivity contribution in [3.8, 4) is 51.3 Å². The van der Waals surface area contributed by atoms with Crippen molar-refractivity contribution in [1.29, 1.82) is 0 Å². The van der Waals surface area contributed by atoms with Crippen LogP contribution in [-0.2, 0) is 59.5 Å². The van der Waals surface area contributed by atoms with Crippen LogP contribution in [0.25, 0.3) is 28.1 Å². The van der Waals surface area contributed by atoms with E-state index in [0.29, 0.717) is 91.1 Å². The molecule has 6 heterocycles. The molecule has 6 aromatic carbocycles. The molecule has 1 aromatic heterocycles. The summed E-state index contributed by atoms with van der Waals surface area (Å²) in [5, 5.41) is 27.0. The number of hydrogen-bond donors (Lipinski definition) is 3. The minimum Gasteiger partial charge on any atom is -0.497 e. The molecule has 112 heavy (non-hydrogen) atoms. The number of ether oxygens (including phenoxy) is 6. The summed E-state index contributed by atoms with van der Waals surface area (Å²) in [6, 6.07) is 35.3. The number of fused-ring (bicyclic) bond motifs is 9. The summed E-state index contributed by atoms with van der Waals surface area (Å²) in [5.41, 5.74) is 9.59. The second-order valence-electron chi connectivity index (χ2n) is 31.3. The van der Waals surface area contributed by atoms with Crippen LogP contribution < -0.4 is 44.1 Å². The first-order valence-corrected chi connectivity index (χ1v) is 39.1. The Morgan fingerprint density at radius 1 is 0.688 bits per heavy atom. The number of para-hydroxylation sites is 1. The Morgan fingerprint density at radius 2 is 1.38 bits per heavy atom. The van der Waals surface area contributed by atoms with Crippen LogP contribution in [0.15, 0.2) is 128 Å². The molecule has 0 radical (unpaired) electrons. The number of aryl methyl sites for hydroxylation is 1. The Balaban J connectivity index is 0.556. The Kier molecular flexibility index (Phi) is 23.1. The fraction of sp³-hybridized carbons (Fsp3) is 0.437. The van der Waals surface area contributed by atoms with Gasteiger partial charge in [0.2, 0.25) is 17.7 Å². The molecule has 5 aliphatic heterocycles. The van der Waals surface area contributed by atoms with E-state index in [0.717, 1.165) is 75.4 Å². The lowest BCUT2D eigenvalue weighted by atomic mass is 9.89. The van der Waals surface area contributed by atoms with Gasteiger partial charge in [-0.25, -0.2) is 14.4 Å². The van der Waals surface area contributed by atoms with Gasteiger partial charge in [-0.1, -0.05) is 104 Å². The number of aliphatic hydroxyl groups excluding tert-OH is 1. The van der Waals surface area contributed by atoms with Crippen molar-refractivity contribution in [2.45, 2.75) is 174 Å². The fourth-order valence-electron chi connectivity index (χ4n) is 16.8. The molecule has 586 valence electrons. The van der Waals surface area contributed by atoms with Crippen LogP contribution in [0.4, 0.5) is 16.2 Å². The number of aliphatic hydroxyl groups is 1. The van der Waals surface area contributed by atoms with Gasteiger partial charge in [-0.3, -0.25) is 38.4 Å². The summed E-state index contributed by atoms with van der Waals surface area (Å²) in [6.45, 7) is 8.43. The van der Waals surface area contributed by atoms with Crippen LogP contribution in [0.5, 0.6) is 28.7 Å². The maximum Gasteiger partial charge on any atom is 0.416 e. The molecule has 0 bridgehead atoms. The molecule has 2 saturated carbocycles. The molecule has 6 amide bonds. The number of methoxy groups -OCH3 is 3. The summed E-state index contributed by atoms with van der Waals surface area (Å²) >= 11 is 0. The van der Waals surface area contributed by atoms with E-state index in [1.807, 2.05) is 122 Å². The summed E-state index contributed by atoms with van der Waals surface area (Å²) in [5.74, 6) is -1.75. The largest absolute Gasteiger partial charge is 0.497 e. The maximum absolute atomic E-state index is 14.6. The van der Waals surface area contributed by atoms with Gasteiger partial charge < -0.3 is 58.9 Å². The van der Waals surface area contributed by atoms with Crippen molar-refractivity contribution >= 4 is 69.9 Å². The first-order valence-electron chi connectivity index (χ1n) is 39.1. The number of nitrogens with zero attached hydrogens (tertiary/aromatic N) is 7. The van der Waals surface area contributed by atoms with E-state index in [-0.39, 0.29) is 146 Å².